The van der Waals surface area contributed by atoms with Crippen molar-refractivity contribution in [2.24, 2.45) is 7.05 Å². The summed E-state index contributed by atoms with van der Waals surface area (Å²) < 4.78 is 13.6. The van der Waals surface area contributed by atoms with E-state index in [1.807, 2.05) is 49.9 Å². The second kappa shape index (κ2) is 9.34. The molecule has 9 nitrogen and oxygen atoms in total. The Morgan fingerprint density at radius 2 is 2.09 bits per heavy atom. The van der Waals surface area contributed by atoms with Crippen LogP contribution < -0.4 is 9.64 Å². The van der Waals surface area contributed by atoms with Crippen LogP contribution in [0.3, 0.4) is 0 Å². The van der Waals surface area contributed by atoms with Gasteiger partial charge in [0.25, 0.3) is 0 Å². The van der Waals surface area contributed by atoms with Gasteiger partial charge in [0.1, 0.15) is 23.4 Å². The van der Waals surface area contributed by atoms with E-state index in [9.17, 15) is 0 Å². The van der Waals surface area contributed by atoms with Gasteiger partial charge in [0.2, 0.25) is 0 Å². The molecule has 5 rings (SSSR count). The lowest BCUT2D eigenvalue weighted by atomic mass is 10.1. The number of rotatable bonds is 6. The molecule has 0 aliphatic carbocycles. The van der Waals surface area contributed by atoms with E-state index < -0.39 is 0 Å². The van der Waals surface area contributed by atoms with Crippen molar-refractivity contribution in [3.8, 4) is 17.1 Å². The van der Waals surface area contributed by atoms with Gasteiger partial charge in [-0.15, -0.1) is 10.2 Å². The average Bonchev–Trinajstić information content (AvgIpc) is 3.26. The number of hydrogen-bond acceptors (Lipinski definition) is 8. The Bertz CT molecular complexity index is 1320. The minimum Gasteiger partial charge on any atom is -0.494 e. The Labute approximate surface area is 198 Å². The maximum Gasteiger partial charge on any atom is 0.163 e. The summed E-state index contributed by atoms with van der Waals surface area (Å²) in [5, 5.41) is 9.19. The molecule has 1 atom stereocenters. The third kappa shape index (κ3) is 4.43. The van der Waals surface area contributed by atoms with Crippen molar-refractivity contribution in [1.82, 2.24) is 29.7 Å². The lowest BCUT2D eigenvalue weighted by Crippen LogP contribution is -2.41. The quantitative estimate of drug-likeness (QED) is 0.434. The van der Waals surface area contributed by atoms with Crippen molar-refractivity contribution < 1.29 is 9.47 Å². The summed E-state index contributed by atoms with van der Waals surface area (Å²) in [7, 11) is 1.93. The van der Waals surface area contributed by atoms with Gasteiger partial charge in [0, 0.05) is 55.0 Å². The van der Waals surface area contributed by atoms with Crippen LogP contribution in [0.1, 0.15) is 30.9 Å². The molecule has 0 spiro atoms. The van der Waals surface area contributed by atoms with E-state index in [4.69, 9.17) is 19.4 Å². The predicted octanol–water partition coefficient (Wildman–Crippen LogP) is 3.34. The number of pyridine rings is 1. The van der Waals surface area contributed by atoms with Gasteiger partial charge in [-0.3, -0.25) is 0 Å². The smallest absolute Gasteiger partial charge is 0.163 e. The van der Waals surface area contributed by atoms with Crippen LogP contribution in [-0.2, 0) is 18.2 Å². The lowest BCUT2D eigenvalue weighted by molar-refractivity contribution is 0.0530. The molecule has 1 fully saturated rings. The molecule has 4 aromatic rings. The first-order valence-electron chi connectivity index (χ1n) is 11.6. The largest absolute Gasteiger partial charge is 0.494 e. The maximum absolute atomic E-state index is 5.97. The van der Waals surface area contributed by atoms with Crippen LogP contribution in [0.15, 0.2) is 36.8 Å². The molecule has 1 aliphatic rings. The van der Waals surface area contributed by atoms with Gasteiger partial charge in [0.15, 0.2) is 11.6 Å². The number of aryl methyl sites for hydroxylation is 2. The van der Waals surface area contributed by atoms with E-state index in [0.29, 0.717) is 19.6 Å². The van der Waals surface area contributed by atoms with E-state index in [2.05, 4.69) is 33.1 Å². The van der Waals surface area contributed by atoms with Gasteiger partial charge >= 0.3 is 0 Å². The number of morpholine rings is 1. The molecular weight excluding hydrogens is 430 g/mol. The van der Waals surface area contributed by atoms with Gasteiger partial charge < -0.3 is 18.9 Å². The SMILES string of the molecule is CCOc1cc(-c2nncn2C)ccc1Cc1ncc2cc(C)nc(N3CCOC(C)C3)c2n1. The van der Waals surface area contributed by atoms with Crippen LogP contribution in [0.5, 0.6) is 5.75 Å². The topological polar surface area (TPSA) is 91.1 Å². The number of nitrogens with zero attached hydrogens (tertiary/aromatic N) is 7. The van der Waals surface area contributed by atoms with Crippen LogP contribution >= 0.6 is 0 Å². The van der Waals surface area contributed by atoms with E-state index >= 15 is 0 Å². The van der Waals surface area contributed by atoms with Crippen molar-refractivity contribution in [1.29, 1.82) is 0 Å². The molecule has 3 aromatic heterocycles. The van der Waals surface area contributed by atoms with Crippen molar-refractivity contribution in [2.45, 2.75) is 33.3 Å². The molecule has 0 bridgehead atoms. The monoisotopic (exact) mass is 459 g/mol. The number of fused-ring (bicyclic) bond motifs is 1. The predicted molar refractivity (Wildman–Crippen MR) is 130 cm³/mol. The number of benzene rings is 1. The molecule has 4 heterocycles. The second-order valence-corrected chi connectivity index (χ2v) is 8.64. The molecule has 0 amide bonds. The first-order valence-corrected chi connectivity index (χ1v) is 11.6. The molecule has 0 radical (unpaired) electrons. The van der Waals surface area contributed by atoms with E-state index in [-0.39, 0.29) is 6.10 Å². The Morgan fingerprint density at radius 1 is 1.21 bits per heavy atom. The molecule has 9 heteroatoms. The van der Waals surface area contributed by atoms with Gasteiger partial charge in [-0.05, 0) is 32.9 Å². The highest BCUT2D eigenvalue weighted by molar-refractivity contribution is 5.88. The third-order valence-electron chi connectivity index (χ3n) is 5.95. The summed E-state index contributed by atoms with van der Waals surface area (Å²) in [6, 6.07) is 8.14. The zero-order chi connectivity index (χ0) is 23.7. The molecular formula is C25H29N7O2. The fraction of sp³-hybridized carbons (Fsp3) is 0.400. The van der Waals surface area contributed by atoms with Gasteiger partial charge in [-0.1, -0.05) is 12.1 Å². The first-order chi connectivity index (χ1) is 16.5. The normalized spacial score (nSPS) is 16.2. The molecule has 1 aliphatic heterocycles. The average molecular weight is 460 g/mol. The highest BCUT2D eigenvalue weighted by Crippen LogP contribution is 2.29. The number of ether oxygens (including phenoxy) is 2. The molecule has 1 aromatic carbocycles. The fourth-order valence-corrected chi connectivity index (χ4v) is 4.35. The number of aromatic nitrogens is 6. The Morgan fingerprint density at radius 3 is 2.85 bits per heavy atom. The van der Waals surface area contributed by atoms with Crippen LogP contribution in [-0.4, -0.2) is 62.1 Å². The summed E-state index contributed by atoms with van der Waals surface area (Å²) in [5.41, 5.74) is 3.80. The van der Waals surface area contributed by atoms with Crippen LogP contribution in [0.4, 0.5) is 5.82 Å². The summed E-state index contributed by atoms with van der Waals surface area (Å²) in [5.74, 6) is 3.22. The highest BCUT2D eigenvalue weighted by atomic mass is 16.5. The van der Waals surface area contributed by atoms with Crippen LogP contribution in [0, 0.1) is 6.92 Å². The molecule has 34 heavy (non-hydrogen) atoms. The third-order valence-corrected chi connectivity index (χ3v) is 5.95. The second-order valence-electron chi connectivity index (χ2n) is 8.64. The van der Waals surface area contributed by atoms with Crippen molar-refractivity contribution >= 4 is 16.7 Å². The van der Waals surface area contributed by atoms with E-state index in [1.165, 1.54) is 0 Å². The lowest BCUT2D eigenvalue weighted by Gasteiger charge is -2.32. The molecule has 0 saturated carbocycles. The first kappa shape index (κ1) is 22.2. The zero-order valence-corrected chi connectivity index (χ0v) is 20.0. The fourth-order valence-electron chi connectivity index (χ4n) is 4.35. The van der Waals surface area contributed by atoms with Crippen LogP contribution in [0.25, 0.3) is 22.3 Å². The summed E-state index contributed by atoms with van der Waals surface area (Å²) in [4.78, 5) is 16.7. The Hall–Kier alpha value is -3.59. The zero-order valence-electron chi connectivity index (χ0n) is 20.0. The Balaban J connectivity index is 1.51. The van der Waals surface area contributed by atoms with E-state index in [1.54, 1.807) is 6.33 Å². The van der Waals surface area contributed by atoms with Gasteiger partial charge in [-0.25, -0.2) is 15.0 Å². The molecule has 1 unspecified atom stereocenters. The summed E-state index contributed by atoms with van der Waals surface area (Å²) in [6.07, 6.45) is 4.30. The summed E-state index contributed by atoms with van der Waals surface area (Å²) in [6.45, 7) is 8.92. The maximum atomic E-state index is 5.97. The van der Waals surface area contributed by atoms with E-state index in [0.717, 1.165) is 64.0 Å². The Kier molecular flexibility index (Phi) is 6.10. The molecule has 0 N–H and O–H groups in total. The van der Waals surface area contributed by atoms with Crippen molar-refractivity contribution in [2.75, 3.05) is 31.2 Å². The molecule has 176 valence electrons. The van der Waals surface area contributed by atoms with Crippen molar-refractivity contribution in [3.05, 3.63) is 53.9 Å². The summed E-state index contributed by atoms with van der Waals surface area (Å²) >= 11 is 0. The minimum atomic E-state index is 0.161. The number of anilines is 1. The van der Waals surface area contributed by atoms with Crippen molar-refractivity contribution in [3.63, 3.8) is 0 Å². The van der Waals surface area contributed by atoms with Gasteiger partial charge in [0.05, 0.1) is 19.3 Å². The molecule has 1 saturated heterocycles. The van der Waals surface area contributed by atoms with Gasteiger partial charge in [-0.2, -0.15) is 0 Å². The minimum absolute atomic E-state index is 0.161. The van der Waals surface area contributed by atoms with Crippen LogP contribution in [0.2, 0.25) is 0 Å². The standard InChI is InChI=1S/C25H29N7O2/c1-5-33-21-11-19(24-30-27-15-31(24)4)7-6-18(21)12-22-26-13-20-10-16(2)28-25(23(20)29-22)32-8-9-34-17(3)14-32/h6-7,10-11,13,15,17H,5,8-9,12,14H2,1-4H3. The highest BCUT2D eigenvalue weighted by Gasteiger charge is 2.21. The number of hydrogen-bond donors (Lipinski definition) is 0.